The third kappa shape index (κ3) is 3.24. The molecule has 0 aromatic heterocycles. The molecule has 1 N–H and O–H groups in total. The zero-order valence-electron chi connectivity index (χ0n) is 8.77. The van der Waals surface area contributed by atoms with Crippen LogP contribution < -0.4 is 0 Å². The number of hydrogen-bond donors (Lipinski definition) is 1. The number of carboxylic acids is 1. The molecule has 0 atom stereocenters. The predicted molar refractivity (Wildman–Crippen MR) is 50.1 cm³/mol. The molecular weight excluding hydrogens is 152 g/mol. The van der Waals surface area contributed by atoms with Gasteiger partial charge in [-0.15, -0.1) is 0 Å². The van der Waals surface area contributed by atoms with Gasteiger partial charge in [-0.3, -0.25) is 4.79 Å². The second kappa shape index (κ2) is 3.46. The third-order valence-electron chi connectivity index (χ3n) is 2.46. The molecule has 0 aliphatic rings. The SMILES string of the molecule is CCC(C)(C)CC(C)(C)C(=O)O. The topological polar surface area (TPSA) is 37.3 Å². The molecule has 2 nitrogen and oxygen atoms in total. The zero-order valence-corrected chi connectivity index (χ0v) is 8.77. The number of carbonyl (C=O) groups is 1. The molecule has 0 saturated heterocycles. The minimum absolute atomic E-state index is 0.127. The van der Waals surface area contributed by atoms with Crippen molar-refractivity contribution in [3.63, 3.8) is 0 Å². The summed E-state index contributed by atoms with van der Waals surface area (Å²) in [7, 11) is 0. The van der Waals surface area contributed by atoms with Crippen LogP contribution in [0.25, 0.3) is 0 Å². The maximum atomic E-state index is 10.8. The van der Waals surface area contributed by atoms with Gasteiger partial charge in [0.05, 0.1) is 5.41 Å². The molecule has 0 aromatic carbocycles. The Kier molecular flexibility index (Phi) is 3.31. The van der Waals surface area contributed by atoms with E-state index < -0.39 is 11.4 Å². The van der Waals surface area contributed by atoms with Gasteiger partial charge in [0.15, 0.2) is 0 Å². The van der Waals surface area contributed by atoms with Crippen LogP contribution in [0.2, 0.25) is 0 Å². The average Bonchev–Trinajstić information content (AvgIpc) is 1.85. The standard InChI is InChI=1S/C10H20O2/c1-6-9(2,3)7-10(4,5)8(11)12/h6-7H2,1-5H3,(H,11,12). The molecule has 0 heterocycles. The van der Waals surface area contributed by atoms with Crippen molar-refractivity contribution in [1.29, 1.82) is 0 Å². The lowest BCUT2D eigenvalue weighted by Gasteiger charge is -2.31. The normalized spacial score (nSPS) is 13.1. The van der Waals surface area contributed by atoms with Crippen molar-refractivity contribution in [2.24, 2.45) is 10.8 Å². The fourth-order valence-corrected chi connectivity index (χ4v) is 1.40. The molecule has 0 aromatic rings. The summed E-state index contributed by atoms with van der Waals surface area (Å²) < 4.78 is 0. The molecule has 0 aliphatic carbocycles. The molecule has 0 amide bonds. The van der Waals surface area contributed by atoms with Crippen LogP contribution in [0.5, 0.6) is 0 Å². The summed E-state index contributed by atoms with van der Waals surface area (Å²) in [5.41, 5.74) is -0.471. The third-order valence-corrected chi connectivity index (χ3v) is 2.46. The number of aliphatic carboxylic acids is 1. The van der Waals surface area contributed by atoms with E-state index in [4.69, 9.17) is 5.11 Å². The number of carboxylic acid groups (broad SMARTS) is 1. The van der Waals surface area contributed by atoms with E-state index in [0.29, 0.717) is 0 Å². The molecular formula is C10H20O2. The first kappa shape index (κ1) is 11.5. The van der Waals surface area contributed by atoms with Gasteiger partial charge < -0.3 is 5.11 Å². The highest BCUT2D eigenvalue weighted by Gasteiger charge is 2.33. The Bertz CT molecular complexity index is 169. The highest BCUT2D eigenvalue weighted by molar-refractivity contribution is 5.73. The molecule has 0 saturated carbocycles. The lowest BCUT2D eigenvalue weighted by atomic mass is 9.74. The van der Waals surface area contributed by atoms with E-state index in [9.17, 15) is 4.79 Å². The van der Waals surface area contributed by atoms with E-state index in [1.54, 1.807) is 13.8 Å². The fraction of sp³-hybridized carbons (Fsp3) is 0.900. The highest BCUT2D eigenvalue weighted by atomic mass is 16.4. The van der Waals surface area contributed by atoms with Crippen molar-refractivity contribution >= 4 is 5.97 Å². The summed E-state index contributed by atoms with van der Waals surface area (Å²) in [4.78, 5) is 10.8. The molecule has 0 rings (SSSR count). The van der Waals surface area contributed by atoms with Gasteiger partial charge in [0.2, 0.25) is 0 Å². The van der Waals surface area contributed by atoms with E-state index in [1.165, 1.54) is 0 Å². The van der Waals surface area contributed by atoms with Gasteiger partial charge in [0.1, 0.15) is 0 Å². The summed E-state index contributed by atoms with van der Waals surface area (Å²) >= 11 is 0. The second-order valence-electron chi connectivity index (χ2n) is 4.88. The Balaban J connectivity index is 4.34. The smallest absolute Gasteiger partial charge is 0.309 e. The second-order valence-corrected chi connectivity index (χ2v) is 4.88. The van der Waals surface area contributed by atoms with Crippen LogP contribution in [0.3, 0.4) is 0 Å². The van der Waals surface area contributed by atoms with Crippen LogP contribution in [-0.2, 0) is 4.79 Å². The van der Waals surface area contributed by atoms with Gasteiger partial charge in [0, 0.05) is 0 Å². The van der Waals surface area contributed by atoms with E-state index >= 15 is 0 Å². The first-order valence-corrected chi connectivity index (χ1v) is 4.45. The van der Waals surface area contributed by atoms with Crippen LogP contribution >= 0.6 is 0 Å². The quantitative estimate of drug-likeness (QED) is 0.708. The van der Waals surface area contributed by atoms with Crippen LogP contribution in [0, 0.1) is 10.8 Å². The van der Waals surface area contributed by atoms with E-state index in [1.807, 2.05) is 0 Å². The van der Waals surface area contributed by atoms with Crippen LogP contribution in [0.15, 0.2) is 0 Å². The van der Waals surface area contributed by atoms with Crippen molar-refractivity contribution in [3.05, 3.63) is 0 Å². The fourth-order valence-electron chi connectivity index (χ4n) is 1.40. The molecule has 0 fully saturated rings. The lowest BCUT2D eigenvalue weighted by molar-refractivity contribution is -0.148. The Hall–Kier alpha value is -0.530. The first-order chi connectivity index (χ1) is 5.21. The van der Waals surface area contributed by atoms with Crippen LogP contribution in [0.1, 0.15) is 47.5 Å². The summed E-state index contributed by atoms with van der Waals surface area (Å²) in [6.45, 7) is 9.88. The maximum Gasteiger partial charge on any atom is 0.309 e. The Morgan fingerprint density at radius 2 is 1.67 bits per heavy atom. The van der Waals surface area contributed by atoms with E-state index in [2.05, 4.69) is 20.8 Å². The summed E-state index contributed by atoms with van der Waals surface area (Å²) in [6, 6.07) is 0. The maximum absolute atomic E-state index is 10.8. The van der Waals surface area contributed by atoms with Gasteiger partial charge in [-0.05, 0) is 25.7 Å². The van der Waals surface area contributed by atoms with E-state index in [-0.39, 0.29) is 5.41 Å². The largest absolute Gasteiger partial charge is 0.481 e. The Labute approximate surface area is 75.0 Å². The monoisotopic (exact) mass is 172 g/mol. The van der Waals surface area contributed by atoms with Gasteiger partial charge in [0.25, 0.3) is 0 Å². The van der Waals surface area contributed by atoms with Crippen molar-refractivity contribution in [3.8, 4) is 0 Å². The highest BCUT2D eigenvalue weighted by Crippen LogP contribution is 2.35. The van der Waals surface area contributed by atoms with Gasteiger partial charge in [-0.1, -0.05) is 27.2 Å². The van der Waals surface area contributed by atoms with Crippen molar-refractivity contribution < 1.29 is 9.90 Å². The zero-order chi connectivity index (χ0) is 9.99. The van der Waals surface area contributed by atoms with Gasteiger partial charge in [-0.2, -0.15) is 0 Å². The van der Waals surface area contributed by atoms with Crippen LogP contribution in [-0.4, -0.2) is 11.1 Å². The minimum Gasteiger partial charge on any atom is -0.481 e. The Morgan fingerprint density at radius 1 is 1.25 bits per heavy atom. The van der Waals surface area contributed by atoms with Crippen molar-refractivity contribution in [2.75, 3.05) is 0 Å². The molecule has 2 heteroatoms. The molecule has 0 radical (unpaired) electrons. The molecule has 12 heavy (non-hydrogen) atoms. The average molecular weight is 172 g/mol. The minimum atomic E-state index is -0.705. The van der Waals surface area contributed by atoms with Crippen LogP contribution in [0.4, 0.5) is 0 Å². The molecule has 0 aliphatic heterocycles. The van der Waals surface area contributed by atoms with E-state index in [0.717, 1.165) is 12.8 Å². The first-order valence-electron chi connectivity index (χ1n) is 4.45. The molecule has 0 bridgehead atoms. The molecule has 72 valence electrons. The predicted octanol–water partition coefficient (Wildman–Crippen LogP) is 2.92. The number of hydrogen-bond acceptors (Lipinski definition) is 1. The van der Waals surface area contributed by atoms with Gasteiger partial charge >= 0.3 is 5.97 Å². The molecule has 0 spiro atoms. The summed E-state index contributed by atoms with van der Waals surface area (Å²) in [5, 5.41) is 8.90. The molecule has 0 unspecified atom stereocenters. The number of rotatable bonds is 4. The summed E-state index contributed by atoms with van der Waals surface area (Å²) in [5.74, 6) is -0.705. The lowest BCUT2D eigenvalue weighted by Crippen LogP contribution is -2.30. The summed E-state index contributed by atoms with van der Waals surface area (Å²) in [6.07, 6.45) is 1.75. The van der Waals surface area contributed by atoms with Crippen molar-refractivity contribution in [1.82, 2.24) is 0 Å². The van der Waals surface area contributed by atoms with Crippen molar-refractivity contribution in [2.45, 2.75) is 47.5 Å². The Morgan fingerprint density at radius 3 is 1.92 bits per heavy atom. The van der Waals surface area contributed by atoms with Gasteiger partial charge in [-0.25, -0.2) is 0 Å².